The third-order valence-corrected chi connectivity index (χ3v) is 4.14. The fourth-order valence-corrected chi connectivity index (χ4v) is 2.99. The second-order valence-corrected chi connectivity index (χ2v) is 6.54. The van der Waals surface area contributed by atoms with E-state index in [2.05, 4.69) is 21.2 Å². The fourth-order valence-electron chi connectivity index (χ4n) is 1.51. The number of methoxy groups -OCH3 is 1. The molecule has 6 nitrogen and oxygen atoms in total. The molecule has 1 aromatic rings. The SMILES string of the molecule is COCCN(CC(=O)O)C(=O)NCCc1ccc(Br)s1. The van der Waals surface area contributed by atoms with Gasteiger partial charge in [-0.2, -0.15) is 0 Å². The van der Waals surface area contributed by atoms with Crippen LogP contribution in [0.15, 0.2) is 15.9 Å². The Morgan fingerprint density at radius 2 is 2.25 bits per heavy atom. The Morgan fingerprint density at radius 3 is 2.80 bits per heavy atom. The van der Waals surface area contributed by atoms with Gasteiger partial charge in [-0.25, -0.2) is 4.79 Å². The molecule has 0 atom stereocenters. The molecule has 0 fully saturated rings. The Kier molecular flexibility index (Phi) is 7.56. The maximum atomic E-state index is 11.9. The Bertz CT molecular complexity index is 452. The average molecular weight is 365 g/mol. The monoisotopic (exact) mass is 364 g/mol. The molecular weight excluding hydrogens is 348 g/mol. The molecule has 1 rings (SSSR count). The molecule has 20 heavy (non-hydrogen) atoms. The minimum atomic E-state index is -1.04. The molecule has 1 heterocycles. The van der Waals surface area contributed by atoms with Gasteiger partial charge in [-0.1, -0.05) is 0 Å². The van der Waals surface area contributed by atoms with Gasteiger partial charge in [-0.3, -0.25) is 4.79 Å². The van der Waals surface area contributed by atoms with Crippen LogP contribution in [0.2, 0.25) is 0 Å². The first-order valence-corrected chi connectivity index (χ1v) is 7.61. The number of carboxylic acid groups (broad SMARTS) is 1. The van der Waals surface area contributed by atoms with Crippen molar-refractivity contribution in [2.24, 2.45) is 0 Å². The molecule has 1 aromatic heterocycles. The van der Waals surface area contributed by atoms with E-state index in [4.69, 9.17) is 9.84 Å². The van der Waals surface area contributed by atoms with Crippen molar-refractivity contribution in [3.63, 3.8) is 0 Å². The number of halogens is 1. The predicted octanol–water partition coefficient (Wildman–Crippen LogP) is 1.80. The number of rotatable bonds is 8. The van der Waals surface area contributed by atoms with Crippen LogP contribution in [0.5, 0.6) is 0 Å². The highest BCUT2D eigenvalue weighted by Gasteiger charge is 2.15. The van der Waals surface area contributed by atoms with Crippen molar-refractivity contribution < 1.29 is 19.4 Å². The summed E-state index contributed by atoms with van der Waals surface area (Å²) in [6, 6.07) is 3.55. The van der Waals surface area contributed by atoms with E-state index in [1.54, 1.807) is 11.3 Å². The van der Waals surface area contributed by atoms with E-state index in [1.807, 2.05) is 12.1 Å². The minimum Gasteiger partial charge on any atom is -0.480 e. The van der Waals surface area contributed by atoms with Crippen LogP contribution in [0.25, 0.3) is 0 Å². The van der Waals surface area contributed by atoms with Crippen LogP contribution in [0.1, 0.15) is 4.88 Å². The lowest BCUT2D eigenvalue weighted by atomic mass is 10.3. The molecule has 0 spiro atoms. The highest BCUT2D eigenvalue weighted by atomic mass is 79.9. The Morgan fingerprint density at radius 1 is 1.50 bits per heavy atom. The van der Waals surface area contributed by atoms with Crippen LogP contribution in [-0.2, 0) is 16.0 Å². The summed E-state index contributed by atoms with van der Waals surface area (Å²) in [6.45, 7) is 0.687. The maximum Gasteiger partial charge on any atom is 0.323 e. The summed E-state index contributed by atoms with van der Waals surface area (Å²) in [6.07, 6.45) is 0.715. The van der Waals surface area contributed by atoms with E-state index in [9.17, 15) is 9.59 Å². The minimum absolute atomic E-state index is 0.249. The van der Waals surface area contributed by atoms with Crippen LogP contribution < -0.4 is 5.32 Å². The van der Waals surface area contributed by atoms with Crippen molar-refractivity contribution in [1.82, 2.24) is 10.2 Å². The highest BCUT2D eigenvalue weighted by molar-refractivity contribution is 9.11. The van der Waals surface area contributed by atoms with Crippen molar-refractivity contribution in [2.75, 3.05) is 33.4 Å². The molecule has 0 unspecified atom stereocenters. The summed E-state index contributed by atoms with van der Waals surface area (Å²) in [5.74, 6) is -1.04. The number of carbonyl (C=O) groups excluding carboxylic acids is 1. The van der Waals surface area contributed by atoms with E-state index < -0.39 is 5.97 Å². The molecule has 0 aliphatic rings. The van der Waals surface area contributed by atoms with Gasteiger partial charge in [0.2, 0.25) is 0 Å². The Balaban J connectivity index is 2.38. The summed E-state index contributed by atoms with van der Waals surface area (Å²) in [4.78, 5) is 24.9. The summed E-state index contributed by atoms with van der Waals surface area (Å²) in [7, 11) is 1.51. The van der Waals surface area contributed by atoms with Gasteiger partial charge in [0.25, 0.3) is 0 Å². The highest BCUT2D eigenvalue weighted by Crippen LogP contribution is 2.21. The van der Waals surface area contributed by atoms with Crippen molar-refractivity contribution >= 4 is 39.3 Å². The zero-order valence-electron chi connectivity index (χ0n) is 11.1. The summed E-state index contributed by atoms with van der Waals surface area (Å²) in [5.41, 5.74) is 0. The number of hydrogen-bond donors (Lipinski definition) is 2. The quantitative estimate of drug-likeness (QED) is 0.736. The second-order valence-electron chi connectivity index (χ2n) is 4.00. The molecule has 0 saturated carbocycles. The smallest absolute Gasteiger partial charge is 0.323 e. The molecule has 0 radical (unpaired) electrons. The summed E-state index contributed by atoms with van der Waals surface area (Å²) >= 11 is 4.99. The lowest BCUT2D eigenvalue weighted by molar-refractivity contribution is -0.137. The van der Waals surface area contributed by atoms with Crippen molar-refractivity contribution in [3.8, 4) is 0 Å². The predicted molar refractivity (Wildman–Crippen MR) is 80.2 cm³/mol. The van der Waals surface area contributed by atoms with E-state index in [-0.39, 0.29) is 19.1 Å². The molecular formula is C12H17BrN2O4S. The number of amides is 2. The van der Waals surface area contributed by atoms with E-state index in [0.717, 1.165) is 8.66 Å². The molecule has 0 aromatic carbocycles. The standard InChI is InChI=1S/C12H17BrN2O4S/c1-19-7-6-15(8-11(16)17)12(18)14-5-4-9-2-3-10(13)20-9/h2-3H,4-8H2,1H3,(H,14,18)(H,16,17). The van der Waals surface area contributed by atoms with E-state index in [0.29, 0.717) is 19.6 Å². The van der Waals surface area contributed by atoms with Crippen molar-refractivity contribution in [3.05, 3.63) is 20.8 Å². The number of nitrogens with zero attached hydrogens (tertiary/aromatic N) is 1. The lowest BCUT2D eigenvalue weighted by Gasteiger charge is -2.20. The molecule has 0 bridgehead atoms. The van der Waals surface area contributed by atoms with E-state index in [1.165, 1.54) is 12.0 Å². The largest absolute Gasteiger partial charge is 0.480 e. The van der Waals surface area contributed by atoms with Crippen LogP contribution in [0.3, 0.4) is 0 Å². The number of nitrogens with one attached hydrogen (secondary N) is 1. The zero-order chi connectivity index (χ0) is 15.0. The summed E-state index contributed by atoms with van der Waals surface area (Å²) < 4.78 is 5.91. The van der Waals surface area contributed by atoms with Gasteiger partial charge in [0.1, 0.15) is 6.54 Å². The third-order valence-electron chi connectivity index (χ3n) is 2.46. The zero-order valence-corrected chi connectivity index (χ0v) is 13.5. The molecule has 8 heteroatoms. The third kappa shape index (κ3) is 6.36. The maximum absolute atomic E-state index is 11.9. The molecule has 0 saturated heterocycles. The van der Waals surface area contributed by atoms with Gasteiger partial charge in [0.05, 0.1) is 10.4 Å². The number of thiophene rings is 1. The second kappa shape index (κ2) is 8.93. The van der Waals surface area contributed by atoms with Crippen LogP contribution in [-0.4, -0.2) is 55.4 Å². The van der Waals surface area contributed by atoms with Gasteiger partial charge in [-0.15, -0.1) is 11.3 Å². The number of carbonyl (C=O) groups is 2. The van der Waals surface area contributed by atoms with Gasteiger partial charge in [0, 0.05) is 25.1 Å². The van der Waals surface area contributed by atoms with Crippen LogP contribution >= 0.6 is 27.3 Å². The normalized spacial score (nSPS) is 10.3. The lowest BCUT2D eigenvalue weighted by Crippen LogP contribution is -2.44. The van der Waals surface area contributed by atoms with Gasteiger partial charge in [0.15, 0.2) is 0 Å². The first-order valence-electron chi connectivity index (χ1n) is 6.00. The number of hydrogen-bond acceptors (Lipinski definition) is 4. The molecule has 0 aliphatic carbocycles. The van der Waals surface area contributed by atoms with Crippen molar-refractivity contribution in [2.45, 2.75) is 6.42 Å². The fraction of sp³-hybridized carbons (Fsp3) is 0.500. The van der Waals surface area contributed by atoms with Gasteiger partial charge < -0.3 is 20.1 Å². The Labute approximate surface area is 129 Å². The first kappa shape index (κ1) is 16.9. The van der Waals surface area contributed by atoms with E-state index >= 15 is 0 Å². The molecule has 112 valence electrons. The molecule has 2 N–H and O–H groups in total. The first-order chi connectivity index (χ1) is 9.52. The number of ether oxygens (including phenoxy) is 1. The summed E-state index contributed by atoms with van der Waals surface area (Å²) in [5, 5.41) is 11.5. The van der Waals surface area contributed by atoms with Gasteiger partial charge >= 0.3 is 12.0 Å². The average Bonchev–Trinajstić information content (AvgIpc) is 2.79. The Hall–Kier alpha value is -1.12. The number of aliphatic carboxylic acids is 1. The topological polar surface area (TPSA) is 78.9 Å². The molecule has 2 amide bonds. The number of urea groups is 1. The van der Waals surface area contributed by atoms with Crippen LogP contribution in [0, 0.1) is 0 Å². The van der Waals surface area contributed by atoms with Crippen molar-refractivity contribution in [1.29, 1.82) is 0 Å². The number of carboxylic acids is 1. The van der Waals surface area contributed by atoms with Crippen LogP contribution in [0.4, 0.5) is 4.79 Å². The van der Waals surface area contributed by atoms with Gasteiger partial charge in [-0.05, 0) is 34.5 Å². The molecule has 0 aliphatic heterocycles.